The van der Waals surface area contributed by atoms with Crippen LogP contribution in [0.15, 0.2) is 0 Å². The normalized spacial score (nSPS) is 29.0. The molecule has 3 atom stereocenters. The van der Waals surface area contributed by atoms with E-state index >= 15 is 0 Å². The van der Waals surface area contributed by atoms with E-state index in [0.717, 1.165) is 6.42 Å². The van der Waals surface area contributed by atoms with Crippen LogP contribution in [0.3, 0.4) is 0 Å². The summed E-state index contributed by atoms with van der Waals surface area (Å²) in [4.78, 5) is 24.6. The lowest BCUT2D eigenvalue weighted by Gasteiger charge is -2.23. The Bertz CT molecular complexity index is 351. The summed E-state index contributed by atoms with van der Waals surface area (Å²) >= 11 is 0. The average Bonchev–Trinajstić information content (AvgIpc) is 2.85. The van der Waals surface area contributed by atoms with E-state index in [4.69, 9.17) is 9.84 Å². The van der Waals surface area contributed by atoms with E-state index in [0.29, 0.717) is 25.6 Å². The molecule has 0 saturated carbocycles. The van der Waals surface area contributed by atoms with Gasteiger partial charge in [0.25, 0.3) is 0 Å². The molecule has 6 nitrogen and oxygen atoms in total. The zero-order valence-electron chi connectivity index (χ0n) is 11.2. The highest BCUT2D eigenvalue weighted by atomic mass is 35.5. The molecular weight excluding hydrogens is 272 g/mol. The first kappa shape index (κ1) is 16.0. The van der Waals surface area contributed by atoms with Gasteiger partial charge in [-0.15, -0.1) is 12.4 Å². The molecule has 0 radical (unpaired) electrons. The predicted octanol–water partition coefficient (Wildman–Crippen LogP) is 0.948. The molecule has 3 unspecified atom stereocenters. The third kappa shape index (κ3) is 3.30. The van der Waals surface area contributed by atoms with Crippen molar-refractivity contribution in [3.05, 3.63) is 0 Å². The van der Waals surface area contributed by atoms with Crippen molar-refractivity contribution in [2.75, 3.05) is 19.7 Å². The molecule has 0 bridgehead atoms. The third-order valence-electron chi connectivity index (χ3n) is 3.61. The Balaban J connectivity index is 0.00000180. The maximum atomic E-state index is 11.9. The van der Waals surface area contributed by atoms with Crippen LogP contribution in [-0.2, 0) is 9.53 Å². The van der Waals surface area contributed by atoms with Gasteiger partial charge in [-0.2, -0.15) is 0 Å². The summed E-state index contributed by atoms with van der Waals surface area (Å²) in [5.74, 6) is -0.519. The summed E-state index contributed by atoms with van der Waals surface area (Å²) in [5, 5.41) is 12.0. The van der Waals surface area contributed by atoms with Crippen LogP contribution in [0, 0.1) is 11.8 Å². The van der Waals surface area contributed by atoms with E-state index in [1.54, 1.807) is 4.90 Å². The van der Waals surface area contributed by atoms with Crippen molar-refractivity contribution in [1.29, 1.82) is 0 Å². The van der Waals surface area contributed by atoms with Crippen molar-refractivity contribution in [3.63, 3.8) is 0 Å². The van der Waals surface area contributed by atoms with Crippen molar-refractivity contribution in [2.45, 2.75) is 32.4 Å². The van der Waals surface area contributed by atoms with E-state index in [-0.39, 0.29) is 30.5 Å². The van der Waals surface area contributed by atoms with Crippen molar-refractivity contribution >= 4 is 24.5 Å². The topological polar surface area (TPSA) is 78.9 Å². The van der Waals surface area contributed by atoms with Crippen LogP contribution >= 0.6 is 12.4 Å². The molecule has 2 aliphatic heterocycles. The number of likely N-dealkylation sites (tertiary alicyclic amines) is 1. The van der Waals surface area contributed by atoms with Crippen LogP contribution < -0.4 is 5.32 Å². The van der Waals surface area contributed by atoms with Gasteiger partial charge in [-0.05, 0) is 12.3 Å². The van der Waals surface area contributed by atoms with Gasteiger partial charge >= 0.3 is 12.1 Å². The molecule has 2 heterocycles. The SMILES string of the molecule is CC(C)COC(=O)N1CCC2C(C(=O)O)NCC21.Cl. The number of halogens is 1. The van der Waals surface area contributed by atoms with Gasteiger partial charge in [-0.1, -0.05) is 13.8 Å². The van der Waals surface area contributed by atoms with Crippen molar-refractivity contribution in [3.8, 4) is 0 Å². The molecule has 2 aliphatic rings. The first-order valence-electron chi connectivity index (χ1n) is 6.40. The zero-order chi connectivity index (χ0) is 13.3. The number of ether oxygens (including phenoxy) is 1. The second kappa shape index (κ2) is 6.43. The minimum absolute atomic E-state index is 0. The van der Waals surface area contributed by atoms with Gasteiger partial charge < -0.3 is 20.1 Å². The maximum Gasteiger partial charge on any atom is 0.410 e. The smallest absolute Gasteiger partial charge is 0.410 e. The van der Waals surface area contributed by atoms with E-state index in [9.17, 15) is 9.59 Å². The Labute approximate surface area is 118 Å². The van der Waals surface area contributed by atoms with Gasteiger partial charge in [0, 0.05) is 19.0 Å². The zero-order valence-corrected chi connectivity index (χ0v) is 12.0. The van der Waals surface area contributed by atoms with Gasteiger partial charge in [-0.3, -0.25) is 4.79 Å². The van der Waals surface area contributed by atoms with E-state index in [1.165, 1.54) is 0 Å². The Hall–Kier alpha value is -1.01. The number of fused-ring (bicyclic) bond motifs is 1. The lowest BCUT2D eigenvalue weighted by molar-refractivity contribution is -0.140. The number of nitrogens with zero attached hydrogens (tertiary/aromatic N) is 1. The second-order valence-corrected chi connectivity index (χ2v) is 5.41. The average molecular weight is 293 g/mol. The van der Waals surface area contributed by atoms with Gasteiger partial charge in [0.15, 0.2) is 0 Å². The van der Waals surface area contributed by atoms with Gasteiger partial charge in [0.05, 0.1) is 12.6 Å². The lowest BCUT2D eigenvalue weighted by Crippen LogP contribution is -2.39. The number of amides is 1. The maximum absolute atomic E-state index is 11.9. The summed E-state index contributed by atoms with van der Waals surface area (Å²) in [5.41, 5.74) is 0. The fourth-order valence-electron chi connectivity index (χ4n) is 2.74. The van der Waals surface area contributed by atoms with Gasteiger partial charge in [-0.25, -0.2) is 4.79 Å². The number of nitrogens with one attached hydrogen (secondary N) is 1. The number of rotatable bonds is 3. The number of carbonyl (C=O) groups excluding carboxylic acids is 1. The van der Waals surface area contributed by atoms with Gasteiger partial charge in [0.1, 0.15) is 6.04 Å². The molecule has 2 saturated heterocycles. The van der Waals surface area contributed by atoms with Crippen LogP contribution in [-0.4, -0.2) is 53.8 Å². The van der Waals surface area contributed by atoms with Crippen LogP contribution in [0.25, 0.3) is 0 Å². The van der Waals surface area contributed by atoms with E-state index < -0.39 is 12.0 Å². The minimum Gasteiger partial charge on any atom is -0.480 e. The Kier molecular flexibility index (Phi) is 5.43. The molecule has 2 N–H and O–H groups in total. The standard InChI is InChI=1S/C12H20N2O4.ClH/c1-7(2)6-18-12(17)14-4-3-8-9(14)5-13-10(8)11(15)16;/h7-10,13H,3-6H2,1-2H3,(H,15,16);1H. The predicted molar refractivity (Wildman–Crippen MR) is 71.5 cm³/mol. The summed E-state index contributed by atoms with van der Waals surface area (Å²) in [7, 11) is 0. The number of carbonyl (C=O) groups is 2. The van der Waals surface area contributed by atoms with Crippen LogP contribution in [0.2, 0.25) is 0 Å². The highest BCUT2D eigenvalue weighted by Gasteiger charge is 2.48. The van der Waals surface area contributed by atoms with Crippen LogP contribution in [0.4, 0.5) is 4.79 Å². The fourth-order valence-corrected chi connectivity index (χ4v) is 2.74. The fraction of sp³-hybridized carbons (Fsp3) is 0.833. The number of aliphatic carboxylic acids is 1. The molecule has 0 aliphatic carbocycles. The monoisotopic (exact) mass is 292 g/mol. The molecule has 0 aromatic rings. The molecule has 0 spiro atoms. The first-order chi connectivity index (χ1) is 8.50. The Morgan fingerprint density at radius 3 is 2.74 bits per heavy atom. The van der Waals surface area contributed by atoms with Crippen molar-refractivity contribution < 1.29 is 19.4 Å². The molecule has 1 amide bonds. The summed E-state index contributed by atoms with van der Waals surface area (Å²) in [6.45, 7) is 5.51. The molecule has 19 heavy (non-hydrogen) atoms. The summed E-state index contributed by atoms with van der Waals surface area (Å²) in [6.07, 6.45) is 0.412. The molecule has 7 heteroatoms. The summed E-state index contributed by atoms with van der Waals surface area (Å²) < 4.78 is 5.20. The van der Waals surface area contributed by atoms with Crippen LogP contribution in [0.1, 0.15) is 20.3 Å². The quantitative estimate of drug-likeness (QED) is 0.809. The van der Waals surface area contributed by atoms with E-state index in [2.05, 4.69) is 5.32 Å². The lowest BCUT2D eigenvalue weighted by atomic mass is 9.97. The number of hydrogen-bond donors (Lipinski definition) is 2. The number of hydrogen-bond acceptors (Lipinski definition) is 4. The first-order valence-corrected chi connectivity index (χ1v) is 6.40. The molecule has 0 aromatic carbocycles. The van der Waals surface area contributed by atoms with Crippen molar-refractivity contribution in [2.24, 2.45) is 11.8 Å². The van der Waals surface area contributed by atoms with Crippen LogP contribution in [0.5, 0.6) is 0 Å². The number of carboxylic acids is 1. The molecule has 2 fully saturated rings. The highest BCUT2D eigenvalue weighted by Crippen LogP contribution is 2.31. The third-order valence-corrected chi connectivity index (χ3v) is 3.61. The van der Waals surface area contributed by atoms with Gasteiger partial charge in [0.2, 0.25) is 0 Å². The number of carboxylic acid groups (broad SMARTS) is 1. The molecular formula is C12H21ClN2O4. The Morgan fingerprint density at radius 2 is 2.16 bits per heavy atom. The molecule has 110 valence electrons. The van der Waals surface area contributed by atoms with E-state index in [1.807, 2.05) is 13.8 Å². The largest absolute Gasteiger partial charge is 0.480 e. The molecule has 2 rings (SSSR count). The second-order valence-electron chi connectivity index (χ2n) is 5.41. The molecule has 0 aromatic heterocycles. The Morgan fingerprint density at radius 1 is 1.47 bits per heavy atom. The minimum atomic E-state index is -0.833. The summed E-state index contributed by atoms with van der Waals surface area (Å²) in [6, 6.07) is -0.566. The highest BCUT2D eigenvalue weighted by molar-refractivity contribution is 5.85. The van der Waals surface area contributed by atoms with Crippen molar-refractivity contribution in [1.82, 2.24) is 10.2 Å².